The van der Waals surface area contributed by atoms with E-state index in [4.69, 9.17) is 12.2 Å². The van der Waals surface area contributed by atoms with Gasteiger partial charge in [-0.1, -0.05) is 25.1 Å². The molecule has 1 amide bonds. The van der Waals surface area contributed by atoms with Gasteiger partial charge in [-0.25, -0.2) is 0 Å². The van der Waals surface area contributed by atoms with Gasteiger partial charge in [-0.3, -0.25) is 19.4 Å². The smallest absolute Gasteiger partial charge is 0.244 e. The van der Waals surface area contributed by atoms with Crippen LogP contribution in [0.4, 0.5) is 5.69 Å². The molecule has 3 aromatic rings. The van der Waals surface area contributed by atoms with Crippen molar-refractivity contribution in [2.45, 2.75) is 26.3 Å². The first-order valence-electron chi connectivity index (χ1n) is 7.46. The first-order valence-corrected chi connectivity index (χ1v) is 7.87. The number of nitrogens with zero attached hydrogens (tertiary/aromatic N) is 3. The fourth-order valence-corrected chi connectivity index (χ4v) is 2.68. The number of anilines is 1. The maximum atomic E-state index is 12.4. The van der Waals surface area contributed by atoms with Crippen LogP contribution in [0.15, 0.2) is 36.5 Å². The third-order valence-corrected chi connectivity index (χ3v) is 3.83. The quantitative estimate of drug-likeness (QED) is 0.706. The minimum Gasteiger partial charge on any atom is -0.323 e. The van der Waals surface area contributed by atoms with Gasteiger partial charge >= 0.3 is 0 Å². The van der Waals surface area contributed by atoms with E-state index in [9.17, 15) is 4.79 Å². The second-order valence-electron chi connectivity index (χ2n) is 5.21. The number of aromatic amines is 1. The van der Waals surface area contributed by atoms with E-state index in [1.807, 2.05) is 30.3 Å². The van der Waals surface area contributed by atoms with Crippen LogP contribution in [0.3, 0.4) is 0 Å². The summed E-state index contributed by atoms with van der Waals surface area (Å²) < 4.78 is 2.19. The van der Waals surface area contributed by atoms with E-state index < -0.39 is 0 Å². The average Bonchev–Trinajstić information content (AvgIpc) is 2.89. The van der Waals surface area contributed by atoms with E-state index in [1.165, 1.54) is 0 Å². The molecule has 0 unspecified atom stereocenters. The van der Waals surface area contributed by atoms with Crippen molar-refractivity contribution in [3.05, 3.63) is 47.1 Å². The molecule has 0 aliphatic carbocycles. The molecule has 118 valence electrons. The third kappa shape index (κ3) is 3.29. The third-order valence-electron chi connectivity index (χ3n) is 3.52. The van der Waals surface area contributed by atoms with Gasteiger partial charge in [0.05, 0.1) is 11.2 Å². The number of H-pyrrole nitrogens is 1. The zero-order valence-corrected chi connectivity index (χ0v) is 13.6. The van der Waals surface area contributed by atoms with Crippen molar-refractivity contribution < 1.29 is 4.79 Å². The fraction of sp³-hybridized carbons (Fsp3) is 0.250. The minimum atomic E-state index is -0.155. The number of carbonyl (C=O) groups excluding carboxylic acids is 1. The molecule has 2 N–H and O–H groups in total. The zero-order chi connectivity index (χ0) is 16.2. The first kappa shape index (κ1) is 15.4. The van der Waals surface area contributed by atoms with Gasteiger partial charge in [0.25, 0.3) is 0 Å². The first-order chi connectivity index (χ1) is 11.2. The highest BCUT2D eigenvalue weighted by atomic mass is 32.1. The van der Waals surface area contributed by atoms with E-state index >= 15 is 0 Å². The highest BCUT2D eigenvalue weighted by molar-refractivity contribution is 7.71. The molecule has 2 aromatic heterocycles. The summed E-state index contributed by atoms with van der Waals surface area (Å²) in [5, 5.41) is 10.8. The topological polar surface area (TPSA) is 75.6 Å². The van der Waals surface area contributed by atoms with E-state index in [0.29, 0.717) is 10.5 Å². The van der Waals surface area contributed by atoms with Crippen LogP contribution in [0.1, 0.15) is 19.2 Å². The Morgan fingerprint density at radius 2 is 2.17 bits per heavy atom. The Hall–Kier alpha value is -2.54. The maximum Gasteiger partial charge on any atom is 0.244 e. The number of aryl methyl sites for hydroxylation is 1. The lowest BCUT2D eigenvalue weighted by Gasteiger charge is -2.09. The lowest BCUT2D eigenvalue weighted by Crippen LogP contribution is -2.20. The van der Waals surface area contributed by atoms with Crippen LogP contribution in [0.25, 0.3) is 10.9 Å². The van der Waals surface area contributed by atoms with Crippen LogP contribution in [0, 0.1) is 4.77 Å². The molecule has 3 rings (SSSR count). The van der Waals surface area contributed by atoms with Gasteiger partial charge in [0.2, 0.25) is 5.91 Å². The van der Waals surface area contributed by atoms with Crippen LogP contribution >= 0.6 is 12.2 Å². The number of pyridine rings is 1. The van der Waals surface area contributed by atoms with Crippen molar-refractivity contribution in [1.29, 1.82) is 0 Å². The Morgan fingerprint density at radius 1 is 1.35 bits per heavy atom. The van der Waals surface area contributed by atoms with Gasteiger partial charge in [-0.2, -0.15) is 5.10 Å². The molecule has 23 heavy (non-hydrogen) atoms. The summed E-state index contributed by atoms with van der Waals surface area (Å²) in [6.45, 7) is 2.19. The number of amides is 1. The number of para-hydroxylation sites is 1. The van der Waals surface area contributed by atoms with Gasteiger partial charge < -0.3 is 5.32 Å². The predicted molar refractivity (Wildman–Crippen MR) is 91.8 cm³/mol. The molecule has 1 aromatic carbocycles. The highest BCUT2D eigenvalue weighted by Crippen LogP contribution is 2.20. The number of nitrogens with one attached hydrogen (secondary N) is 2. The maximum absolute atomic E-state index is 12.4. The Balaban J connectivity index is 1.82. The number of hydrogen-bond donors (Lipinski definition) is 2. The Labute approximate surface area is 138 Å². The SMILES string of the molecule is CCCc1n[nH]c(=S)n1CC(=O)Nc1cccc2cccnc12. The molecule has 0 aliphatic heterocycles. The Bertz CT molecular complexity index is 893. The number of benzene rings is 1. The zero-order valence-electron chi connectivity index (χ0n) is 12.7. The molecule has 0 radical (unpaired) electrons. The minimum absolute atomic E-state index is 0.133. The molecule has 0 bridgehead atoms. The summed E-state index contributed by atoms with van der Waals surface area (Å²) in [7, 11) is 0. The van der Waals surface area contributed by atoms with Gasteiger partial charge in [0.1, 0.15) is 12.4 Å². The molecule has 7 heteroatoms. The Kier molecular flexibility index (Phi) is 4.47. The molecule has 2 heterocycles. The van der Waals surface area contributed by atoms with Crippen LogP contribution in [0.2, 0.25) is 0 Å². The van der Waals surface area contributed by atoms with Crippen LogP contribution < -0.4 is 5.32 Å². The standard InChI is InChI=1S/C16H17N5OS/c1-2-5-13-19-20-16(23)21(13)10-14(22)18-12-8-3-6-11-7-4-9-17-15(11)12/h3-4,6-9H,2,5,10H2,1H3,(H,18,22)(H,20,23). The second kappa shape index (κ2) is 6.70. The second-order valence-corrected chi connectivity index (χ2v) is 5.60. The van der Waals surface area contributed by atoms with E-state index in [0.717, 1.165) is 29.6 Å². The van der Waals surface area contributed by atoms with Crippen LogP contribution in [-0.2, 0) is 17.8 Å². The summed E-state index contributed by atoms with van der Waals surface area (Å²) >= 11 is 5.20. The number of rotatable bonds is 5. The van der Waals surface area contributed by atoms with Crippen LogP contribution in [-0.4, -0.2) is 25.7 Å². The number of aromatic nitrogens is 4. The molecule has 0 fully saturated rings. The number of fused-ring (bicyclic) bond motifs is 1. The normalized spacial score (nSPS) is 10.8. The molecule has 0 saturated carbocycles. The van der Waals surface area contributed by atoms with Gasteiger partial charge in [-0.15, -0.1) is 0 Å². The number of hydrogen-bond acceptors (Lipinski definition) is 4. The van der Waals surface area contributed by atoms with Crippen molar-refractivity contribution in [2.75, 3.05) is 5.32 Å². The summed E-state index contributed by atoms with van der Waals surface area (Å²) in [6, 6.07) is 9.53. The summed E-state index contributed by atoms with van der Waals surface area (Å²) in [5.41, 5.74) is 1.47. The van der Waals surface area contributed by atoms with Crippen molar-refractivity contribution >= 4 is 34.7 Å². The van der Waals surface area contributed by atoms with E-state index in [1.54, 1.807) is 10.8 Å². The lowest BCUT2D eigenvalue weighted by atomic mass is 10.2. The van der Waals surface area contributed by atoms with Crippen molar-refractivity contribution in [3.8, 4) is 0 Å². The largest absolute Gasteiger partial charge is 0.323 e. The molecule has 0 aliphatic rings. The van der Waals surface area contributed by atoms with Gasteiger partial charge in [-0.05, 0) is 30.8 Å². The highest BCUT2D eigenvalue weighted by Gasteiger charge is 2.11. The predicted octanol–water partition coefficient (Wildman–Crippen LogP) is 3.08. The van der Waals surface area contributed by atoms with Gasteiger partial charge in [0.15, 0.2) is 4.77 Å². The molecular weight excluding hydrogens is 310 g/mol. The van der Waals surface area contributed by atoms with Crippen molar-refractivity contribution in [2.24, 2.45) is 0 Å². The van der Waals surface area contributed by atoms with Crippen LogP contribution in [0.5, 0.6) is 0 Å². The number of carbonyl (C=O) groups is 1. The summed E-state index contributed by atoms with van der Waals surface area (Å²) in [6.07, 6.45) is 3.42. The fourth-order valence-electron chi connectivity index (χ4n) is 2.47. The lowest BCUT2D eigenvalue weighted by molar-refractivity contribution is -0.116. The Morgan fingerprint density at radius 3 is 3.00 bits per heavy atom. The van der Waals surface area contributed by atoms with Crippen molar-refractivity contribution in [1.82, 2.24) is 19.7 Å². The molecule has 6 nitrogen and oxygen atoms in total. The average molecular weight is 327 g/mol. The molecular formula is C16H17N5OS. The van der Waals surface area contributed by atoms with E-state index in [2.05, 4.69) is 27.4 Å². The monoisotopic (exact) mass is 327 g/mol. The summed E-state index contributed by atoms with van der Waals surface area (Å²) in [4.78, 5) is 16.7. The summed E-state index contributed by atoms with van der Waals surface area (Å²) in [5.74, 6) is 0.640. The van der Waals surface area contributed by atoms with Gasteiger partial charge in [0, 0.05) is 18.0 Å². The molecule has 0 atom stereocenters. The van der Waals surface area contributed by atoms with E-state index in [-0.39, 0.29) is 12.5 Å². The van der Waals surface area contributed by atoms with Crippen molar-refractivity contribution in [3.63, 3.8) is 0 Å². The molecule has 0 saturated heterocycles. The molecule has 0 spiro atoms.